The van der Waals surface area contributed by atoms with Crippen molar-refractivity contribution < 1.29 is 0 Å². The summed E-state index contributed by atoms with van der Waals surface area (Å²) in [7, 11) is 2.18. The molecule has 1 aromatic rings. The van der Waals surface area contributed by atoms with Gasteiger partial charge in [0.15, 0.2) is 0 Å². The van der Waals surface area contributed by atoms with Crippen molar-refractivity contribution in [2.24, 2.45) is 0 Å². The van der Waals surface area contributed by atoms with Crippen LogP contribution < -0.4 is 10.2 Å². The van der Waals surface area contributed by atoms with E-state index in [1.54, 1.807) is 0 Å². The molecule has 0 amide bonds. The van der Waals surface area contributed by atoms with E-state index in [9.17, 15) is 0 Å². The van der Waals surface area contributed by atoms with Crippen LogP contribution in [0.4, 0.5) is 5.69 Å². The van der Waals surface area contributed by atoms with Gasteiger partial charge in [0.25, 0.3) is 0 Å². The molecule has 0 saturated carbocycles. The summed E-state index contributed by atoms with van der Waals surface area (Å²) < 4.78 is 1.13. The summed E-state index contributed by atoms with van der Waals surface area (Å²) >= 11 is 3.59. The molecule has 0 aliphatic heterocycles. The summed E-state index contributed by atoms with van der Waals surface area (Å²) in [5, 5.41) is 3.50. The zero-order valence-electron chi connectivity index (χ0n) is 13.0. The minimum Gasteiger partial charge on any atom is -0.369 e. The Morgan fingerprint density at radius 1 is 1.32 bits per heavy atom. The summed E-state index contributed by atoms with van der Waals surface area (Å²) in [6.07, 6.45) is 1.12. The number of hydrogen-bond donors (Lipinski definition) is 1. The second-order valence-electron chi connectivity index (χ2n) is 6.03. The van der Waals surface area contributed by atoms with E-state index in [4.69, 9.17) is 0 Å². The summed E-state index contributed by atoms with van der Waals surface area (Å²) in [6, 6.07) is 7.04. The molecule has 3 heteroatoms. The van der Waals surface area contributed by atoms with Crippen molar-refractivity contribution in [1.82, 2.24) is 5.32 Å². The third-order valence-corrected chi connectivity index (χ3v) is 4.38. The van der Waals surface area contributed by atoms with Crippen LogP contribution in [0.5, 0.6) is 0 Å². The largest absolute Gasteiger partial charge is 0.369 e. The van der Waals surface area contributed by atoms with Crippen LogP contribution in [-0.4, -0.2) is 18.6 Å². The van der Waals surface area contributed by atoms with Gasteiger partial charge >= 0.3 is 0 Å². The summed E-state index contributed by atoms with van der Waals surface area (Å²) in [5.41, 5.74) is 2.81. The van der Waals surface area contributed by atoms with E-state index < -0.39 is 0 Å². The standard InChI is InChI=1S/C16H27BrN2/c1-7-16(4,5)19(6)15-10-14(17)9-8-13(15)11-18-12(2)3/h8-10,12,18H,7,11H2,1-6H3. The summed E-state index contributed by atoms with van der Waals surface area (Å²) in [5.74, 6) is 0. The first-order valence-electron chi connectivity index (χ1n) is 7.03. The predicted molar refractivity (Wildman–Crippen MR) is 88.9 cm³/mol. The minimum atomic E-state index is 0.160. The predicted octanol–water partition coefficient (Wildman–Crippen LogP) is 4.57. The van der Waals surface area contributed by atoms with Crippen molar-refractivity contribution in [3.05, 3.63) is 28.2 Å². The van der Waals surface area contributed by atoms with Crippen molar-refractivity contribution in [2.75, 3.05) is 11.9 Å². The lowest BCUT2D eigenvalue weighted by Gasteiger charge is -2.38. The third kappa shape index (κ3) is 4.50. The number of nitrogens with zero attached hydrogens (tertiary/aromatic N) is 1. The van der Waals surface area contributed by atoms with Crippen molar-refractivity contribution in [1.29, 1.82) is 0 Å². The number of halogens is 1. The van der Waals surface area contributed by atoms with Crippen LogP contribution in [0.1, 0.15) is 46.6 Å². The monoisotopic (exact) mass is 326 g/mol. The Labute approximate surface area is 126 Å². The zero-order valence-corrected chi connectivity index (χ0v) is 14.6. The van der Waals surface area contributed by atoms with E-state index in [0.717, 1.165) is 17.4 Å². The minimum absolute atomic E-state index is 0.160. The highest BCUT2D eigenvalue weighted by molar-refractivity contribution is 9.10. The number of nitrogens with one attached hydrogen (secondary N) is 1. The van der Waals surface area contributed by atoms with Crippen LogP contribution in [0.2, 0.25) is 0 Å². The molecule has 0 fully saturated rings. The van der Waals surface area contributed by atoms with Crippen LogP contribution in [0, 0.1) is 0 Å². The van der Waals surface area contributed by atoms with Crippen molar-refractivity contribution >= 4 is 21.6 Å². The van der Waals surface area contributed by atoms with Gasteiger partial charge in [0.05, 0.1) is 0 Å². The normalized spacial score (nSPS) is 12.0. The molecule has 0 aromatic heterocycles. The molecule has 1 N–H and O–H groups in total. The molecule has 0 heterocycles. The van der Waals surface area contributed by atoms with Gasteiger partial charge in [0.1, 0.15) is 0 Å². The molecule has 108 valence electrons. The number of benzene rings is 1. The Bertz CT molecular complexity index is 413. The molecule has 2 nitrogen and oxygen atoms in total. The average molecular weight is 327 g/mol. The molecule has 0 aliphatic carbocycles. The lowest BCUT2D eigenvalue weighted by Crippen LogP contribution is -2.41. The van der Waals surface area contributed by atoms with Crippen LogP contribution in [-0.2, 0) is 6.54 Å². The van der Waals surface area contributed by atoms with Crippen LogP contribution in [0.25, 0.3) is 0 Å². The van der Waals surface area contributed by atoms with Gasteiger partial charge in [0, 0.05) is 35.3 Å². The number of hydrogen-bond acceptors (Lipinski definition) is 2. The lowest BCUT2D eigenvalue weighted by molar-refractivity contribution is 0.468. The Hall–Kier alpha value is -0.540. The maximum absolute atomic E-state index is 3.59. The van der Waals surface area contributed by atoms with E-state index in [2.05, 4.69) is 86.0 Å². The van der Waals surface area contributed by atoms with Gasteiger partial charge < -0.3 is 10.2 Å². The first-order chi connectivity index (χ1) is 8.77. The van der Waals surface area contributed by atoms with Gasteiger partial charge in [-0.15, -0.1) is 0 Å². The molecule has 19 heavy (non-hydrogen) atoms. The van der Waals surface area contributed by atoms with E-state index in [0.29, 0.717) is 6.04 Å². The Morgan fingerprint density at radius 2 is 1.95 bits per heavy atom. The molecular formula is C16H27BrN2. The SMILES string of the molecule is CCC(C)(C)N(C)c1cc(Br)ccc1CNC(C)C. The molecule has 0 atom stereocenters. The molecule has 0 radical (unpaired) electrons. The molecule has 1 aromatic carbocycles. The van der Waals surface area contributed by atoms with Crippen molar-refractivity contribution in [2.45, 2.75) is 59.2 Å². The molecular weight excluding hydrogens is 300 g/mol. The molecule has 0 saturated heterocycles. The quantitative estimate of drug-likeness (QED) is 0.823. The molecule has 1 rings (SSSR count). The highest BCUT2D eigenvalue weighted by Crippen LogP contribution is 2.30. The summed E-state index contributed by atoms with van der Waals surface area (Å²) in [6.45, 7) is 12.1. The summed E-state index contributed by atoms with van der Waals surface area (Å²) in [4.78, 5) is 2.38. The van der Waals surface area contributed by atoms with Gasteiger partial charge in [-0.05, 0) is 38.0 Å². The fourth-order valence-corrected chi connectivity index (χ4v) is 2.23. The van der Waals surface area contributed by atoms with Crippen molar-refractivity contribution in [3.8, 4) is 0 Å². The number of anilines is 1. The van der Waals surface area contributed by atoms with Gasteiger partial charge in [0.2, 0.25) is 0 Å². The first-order valence-corrected chi connectivity index (χ1v) is 7.83. The fourth-order valence-electron chi connectivity index (χ4n) is 1.88. The zero-order chi connectivity index (χ0) is 14.6. The third-order valence-electron chi connectivity index (χ3n) is 3.88. The fraction of sp³-hybridized carbons (Fsp3) is 0.625. The Kier molecular flexibility index (Phi) is 5.87. The van der Waals surface area contributed by atoms with Gasteiger partial charge in [-0.1, -0.05) is 42.8 Å². The van der Waals surface area contributed by atoms with Gasteiger partial charge in [-0.25, -0.2) is 0 Å². The lowest BCUT2D eigenvalue weighted by atomic mass is 9.98. The maximum atomic E-state index is 3.59. The molecule has 0 unspecified atom stereocenters. The number of rotatable bonds is 6. The van der Waals surface area contributed by atoms with Crippen LogP contribution >= 0.6 is 15.9 Å². The van der Waals surface area contributed by atoms with Crippen LogP contribution in [0.15, 0.2) is 22.7 Å². The molecule has 0 aliphatic rings. The van der Waals surface area contributed by atoms with Crippen molar-refractivity contribution in [3.63, 3.8) is 0 Å². The Balaban J connectivity index is 3.06. The smallest absolute Gasteiger partial charge is 0.0425 e. The Morgan fingerprint density at radius 3 is 2.47 bits per heavy atom. The average Bonchev–Trinajstić information content (AvgIpc) is 2.36. The van der Waals surface area contributed by atoms with Crippen LogP contribution in [0.3, 0.4) is 0 Å². The van der Waals surface area contributed by atoms with E-state index >= 15 is 0 Å². The highest BCUT2D eigenvalue weighted by atomic mass is 79.9. The van der Waals surface area contributed by atoms with E-state index in [1.165, 1.54) is 11.3 Å². The van der Waals surface area contributed by atoms with E-state index in [-0.39, 0.29) is 5.54 Å². The van der Waals surface area contributed by atoms with Gasteiger partial charge in [-0.3, -0.25) is 0 Å². The molecule has 0 spiro atoms. The molecule has 0 bridgehead atoms. The highest BCUT2D eigenvalue weighted by Gasteiger charge is 2.23. The second-order valence-corrected chi connectivity index (χ2v) is 6.95. The first kappa shape index (κ1) is 16.5. The maximum Gasteiger partial charge on any atom is 0.0425 e. The van der Waals surface area contributed by atoms with Gasteiger partial charge in [-0.2, -0.15) is 0 Å². The van der Waals surface area contributed by atoms with E-state index in [1.807, 2.05) is 0 Å². The second kappa shape index (κ2) is 6.76. The topological polar surface area (TPSA) is 15.3 Å².